The molecule has 1 aliphatic rings. The average Bonchev–Trinajstić information content (AvgIpc) is 2.77. The van der Waals surface area contributed by atoms with Gasteiger partial charge in [-0.3, -0.25) is 4.79 Å². The van der Waals surface area contributed by atoms with Crippen LogP contribution < -0.4 is 4.74 Å². The second-order valence-electron chi connectivity index (χ2n) is 7.63. The minimum atomic E-state index is -4.02. The van der Waals surface area contributed by atoms with E-state index in [1.165, 1.54) is 40.7 Å². The van der Waals surface area contributed by atoms with Crippen LogP contribution in [0.2, 0.25) is 5.02 Å². The van der Waals surface area contributed by atoms with Crippen molar-refractivity contribution in [2.75, 3.05) is 19.7 Å². The SMILES string of the molecule is C[C@@H]1CN(S(=O)(=O)c2cc(C(=O)OCC(=O)c3ccc(OC(F)F)cc3)ccc2Cl)C[C@@H](C)O1. The van der Waals surface area contributed by atoms with Gasteiger partial charge in [-0.1, -0.05) is 11.6 Å². The predicted molar refractivity (Wildman–Crippen MR) is 118 cm³/mol. The lowest BCUT2D eigenvalue weighted by atomic mass is 10.1. The lowest BCUT2D eigenvalue weighted by Crippen LogP contribution is -2.48. The average molecular weight is 518 g/mol. The molecule has 0 aliphatic carbocycles. The number of Topliss-reactive ketones (excluding diaryl/α,β-unsaturated/α-hetero) is 1. The number of ether oxygens (including phenoxy) is 3. The minimum Gasteiger partial charge on any atom is -0.454 e. The van der Waals surface area contributed by atoms with E-state index < -0.39 is 35.0 Å². The largest absolute Gasteiger partial charge is 0.454 e. The van der Waals surface area contributed by atoms with E-state index in [1.807, 2.05) is 0 Å². The molecule has 8 nitrogen and oxygen atoms in total. The van der Waals surface area contributed by atoms with Crippen molar-refractivity contribution in [1.29, 1.82) is 0 Å². The van der Waals surface area contributed by atoms with Crippen LogP contribution in [-0.2, 0) is 19.5 Å². The van der Waals surface area contributed by atoms with Gasteiger partial charge in [0.25, 0.3) is 0 Å². The molecule has 0 unspecified atom stereocenters. The molecule has 2 atom stereocenters. The Morgan fingerprint density at radius 1 is 1.09 bits per heavy atom. The maximum absolute atomic E-state index is 13.1. The predicted octanol–water partition coefficient (Wildman–Crippen LogP) is 3.78. The molecule has 0 aromatic heterocycles. The van der Waals surface area contributed by atoms with Gasteiger partial charge in [-0.2, -0.15) is 13.1 Å². The van der Waals surface area contributed by atoms with Crippen molar-refractivity contribution in [2.45, 2.75) is 37.6 Å². The molecule has 0 amide bonds. The van der Waals surface area contributed by atoms with Crippen LogP contribution in [0.3, 0.4) is 0 Å². The van der Waals surface area contributed by atoms with E-state index in [0.29, 0.717) is 0 Å². The van der Waals surface area contributed by atoms with E-state index in [2.05, 4.69) is 4.74 Å². The van der Waals surface area contributed by atoms with E-state index in [0.717, 1.165) is 6.07 Å². The third-order valence-electron chi connectivity index (χ3n) is 4.91. The van der Waals surface area contributed by atoms with Gasteiger partial charge in [0.1, 0.15) is 10.6 Å². The van der Waals surface area contributed by atoms with Crippen molar-refractivity contribution < 1.29 is 41.0 Å². The topological polar surface area (TPSA) is 99.2 Å². The molecule has 0 saturated carbocycles. The number of nitrogens with zero attached hydrogens (tertiary/aromatic N) is 1. The lowest BCUT2D eigenvalue weighted by molar-refractivity contribution is -0.0498. The highest BCUT2D eigenvalue weighted by Crippen LogP contribution is 2.28. The highest BCUT2D eigenvalue weighted by Gasteiger charge is 2.34. The van der Waals surface area contributed by atoms with Crippen LogP contribution in [0.25, 0.3) is 0 Å². The number of alkyl halides is 2. The second kappa shape index (κ2) is 10.8. The standard InChI is InChI=1S/C22H22ClF2NO7S/c1-13-10-26(11-14(2)32-13)34(29,30)20-9-16(5-8-18(20)23)21(28)31-12-19(27)15-3-6-17(7-4-15)33-22(24)25/h3-9,13-14,22H,10-12H2,1-2H3/t13-,14-/m1/s1. The smallest absolute Gasteiger partial charge is 0.387 e. The molecular formula is C22H22ClF2NO7S. The Labute approximate surface area is 200 Å². The molecule has 2 aromatic carbocycles. The van der Waals surface area contributed by atoms with Crippen molar-refractivity contribution in [3.63, 3.8) is 0 Å². The van der Waals surface area contributed by atoms with E-state index in [4.69, 9.17) is 21.1 Å². The molecule has 1 heterocycles. The minimum absolute atomic E-state index is 0.0643. The number of carbonyl (C=O) groups excluding carboxylic acids is 2. The van der Waals surface area contributed by atoms with Gasteiger partial charge in [0.05, 0.1) is 22.8 Å². The molecule has 1 saturated heterocycles. The van der Waals surface area contributed by atoms with Crippen LogP contribution in [0.15, 0.2) is 47.4 Å². The monoisotopic (exact) mass is 517 g/mol. The van der Waals surface area contributed by atoms with Gasteiger partial charge in [-0.05, 0) is 56.3 Å². The third-order valence-corrected chi connectivity index (χ3v) is 7.22. The summed E-state index contributed by atoms with van der Waals surface area (Å²) >= 11 is 6.13. The van der Waals surface area contributed by atoms with Crippen LogP contribution in [0.5, 0.6) is 5.75 Å². The zero-order chi connectivity index (χ0) is 25.0. The Bertz CT molecular complexity index is 1150. The Morgan fingerprint density at radius 2 is 1.68 bits per heavy atom. The van der Waals surface area contributed by atoms with Gasteiger partial charge in [-0.25, -0.2) is 13.2 Å². The zero-order valence-electron chi connectivity index (χ0n) is 18.2. The van der Waals surface area contributed by atoms with E-state index >= 15 is 0 Å². The molecule has 2 aromatic rings. The van der Waals surface area contributed by atoms with Gasteiger partial charge < -0.3 is 14.2 Å². The fourth-order valence-corrected chi connectivity index (χ4v) is 5.51. The van der Waals surface area contributed by atoms with Crippen molar-refractivity contribution in [1.82, 2.24) is 4.31 Å². The number of morpholine rings is 1. The van der Waals surface area contributed by atoms with Crippen molar-refractivity contribution >= 4 is 33.4 Å². The molecule has 3 rings (SSSR count). The van der Waals surface area contributed by atoms with Gasteiger partial charge >= 0.3 is 12.6 Å². The molecule has 0 spiro atoms. The van der Waals surface area contributed by atoms with Crippen molar-refractivity contribution in [3.05, 3.63) is 58.6 Å². The maximum atomic E-state index is 13.1. The highest BCUT2D eigenvalue weighted by molar-refractivity contribution is 7.89. The summed E-state index contributed by atoms with van der Waals surface area (Å²) in [5.74, 6) is -1.64. The molecular weight excluding hydrogens is 496 g/mol. The number of hydrogen-bond acceptors (Lipinski definition) is 7. The summed E-state index contributed by atoms with van der Waals surface area (Å²) in [5.41, 5.74) is 0.00941. The van der Waals surface area contributed by atoms with Crippen LogP contribution in [0, 0.1) is 0 Å². The van der Waals surface area contributed by atoms with E-state index in [1.54, 1.807) is 13.8 Å². The number of halogens is 3. The number of esters is 1. The Balaban J connectivity index is 1.70. The highest BCUT2D eigenvalue weighted by atomic mass is 35.5. The van der Waals surface area contributed by atoms with E-state index in [-0.39, 0.29) is 52.1 Å². The third kappa shape index (κ3) is 6.29. The summed E-state index contributed by atoms with van der Waals surface area (Å²) in [4.78, 5) is 24.5. The lowest BCUT2D eigenvalue weighted by Gasteiger charge is -2.34. The summed E-state index contributed by atoms with van der Waals surface area (Å²) in [5, 5.41) is -0.0643. The second-order valence-corrected chi connectivity index (χ2v) is 9.94. The Kier molecular flexibility index (Phi) is 8.24. The summed E-state index contributed by atoms with van der Waals surface area (Å²) in [6, 6.07) is 8.54. The molecule has 12 heteroatoms. The van der Waals surface area contributed by atoms with Gasteiger partial charge in [0, 0.05) is 18.7 Å². The maximum Gasteiger partial charge on any atom is 0.387 e. The molecule has 34 heavy (non-hydrogen) atoms. The number of benzene rings is 2. The quantitative estimate of drug-likeness (QED) is 0.388. The summed E-state index contributed by atoms with van der Waals surface area (Å²) in [6.07, 6.45) is -0.625. The normalized spacial score (nSPS) is 19.1. The first kappa shape index (κ1) is 26.0. The van der Waals surface area contributed by atoms with Gasteiger partial charge in [-0.15, -0.1) is 0 Å². The van der Waals surface area contributed by atoms with Crippen molar-refractivity contribution in [3.8, 4) is 5.75 Å². The van der Waals surface area contributed by atoms with Gasteiger partial charge in [0.15, 0.2) is 12.4 Å². The number of ketones is 1. The van der Waals surface area contributed by atoms with Crippen LogP contribution in [-0.4, -0.2) is 63.0 Å². The van der Waals surface area contributed by atoms with Crippen LogP contribution >= 0.6 is 11.6 Å². The zero-order valence-corrected chi connectivity index (χ0v) is 19.8. The molecule has 184 valence electrons. The Morgan fingerprint density at radius 3 is 2.26 bits per heavy atom. The molecule has 0 bridgehead atoms. The molecule has 1 aliphatic heterocycles. The summed E-state index contributed by atoms with van der Waals surface area (Å²) in [7, 11) is -4.02. The Hall–Kier alpha value is -2.60. The fourth-order valence-electron chi connectivity index (χ4n) is 3.41. The summed E-state index contributed by atoms with van der Waals surface area (Å²) < 4.78 is 66.8. The first-order valence-corrected chi connectivity index (χ1v) is 12.0. The van der Waals surface area contributed by atoms with Crippen LogP contribution in [0.1, 0.15) is 34.6 Å². The van der Waals surface area contributed by atoms with Crippen molar-refractivity contribution in [2.24, 2.45) is 0 Å². The summed E-state index contributed by atoms with van der Waals surface area (Å²) in [6.45, 7) is 0.136. The molecule has 1 fully saturated rings. The number of sulfonamides is 1. The first-order chi connectivity index (χ1) is 16.0. The first-order valence-electron chi connectivity index (χ1n) is 10.2. The number of carbonyl (C=O) groups is 2. The molecule has 0 radical (unpaired) electrons. The van der Waals surface area contributed by atoms with E-state index in [9.17, 15) is 26.8 Å². The van der Waals surface area contributed by atoms with Crippen LogP contribution in [0.4, 0.5) is 8.78 Å². The number of rotatable bonds is 8. The van der Waals surface area contributed by atoms with Gasteiger partial charge in [0.2, 0.25) is 10.0 Å². The fraction of sp³-hybridized carbons (Fsp3) is 0.364. The molecule has 0 N–H and O–H groups in total. The number of hydrogen-bond donors (Lipinski definition) is 0.